The van der Waals surface area contributed by atoms with Gasteiger partial charge in [0.1, 0.15) is 5.69 Å². The molecule has 0 saturated heterocycles. The molecule has 0 amide bonds. The summed E-state index contributed by atoms with van der Waals surface area (Å²) < 4.78 is 6.42. The Morgan fingerprint density at radius 3 is 2.94 bits per heavy atom. The zero-order valence-corrected chi connectivity index (χ0v) is 12.0. The van der Waals surface area contributed by atoms with Crippen molar-refractivity contribution in [1.82, 2.24) is 10.3 Å². The number of oxazole rings is 1. The minimum absolute atomic E-state index is 0.653. The molecule has 94 valence electrons. The van der Waals surface area contributed by atoms with Crippen LogP contribution in [0.4, 0.5) is 0 Å². The molecule has 1 heterocycles. The Bertz CT molecular complexity index is 546. The molecule has 2 aromatic rings. The highest BCUT2D eigenvalue weighted by molar-refractivity contribution is 9.10. The highest BCUT2D eigenvalue weighted by atomic mass is 79.9. The average Bonchev–Trinajstić information content (AvgIpc) is 3.02. The summed E-state index contributed by atoms with van der Waals surface area (Å²) in [7, 11) is 0. The lowest BCUT2D eigenvalue weighted by atomic mass is 10.1. The Hall–Kier alpha value is -0.840. The van der Waals surface area contributed by atoms with Crippen molar-refractivity contribution in [1.29, 1.82) is 0 Å². The van der Waals surface area contributed by atoms with Crippen LogP contribution >= 0.6 is 27.5 Å². The minimum atomic E-state index is 0.653. The van der Waals surface area contributed by atoms with Crippen molar-refractivity contribution in [2.75, 3.05) is 0 Å². The summed E-state index contributed by atoms with van der Waals surface area (Å²) in [6, 6.07) is 6.37. The number of benzene rings is 1. The van der Waals surface area contributed by atoms with Crippen molar-refractivity contribution in [3.63, 3.8) is 0 Å². The van der Waals surface area contributed by atoms with Crippen molar-refractivity contribution in [2.45, 2.75) is 25.4 Å². The first kappa shape index (κ1) is 12.2. The lowest BCUT2D eigenvalue weighted by Crippen LogP contribution is -2.15. The van der Waals surface area contributed by atoms with Crippen molar-refractivity contribution in [2.24, 2.45) is 0 Å². The highest BCUT2D eigenvalue weighted by Gasteiger charge is 2.21. The van der Waals surface area contributed by atoms with Crippen LogP contribution in [0.2, 0.25) is 5.02 Å². The molecule has 18 heavy (non-hydrogen) atoms. The molecule has 5 heteroatoms. The Morgan fingerprint density at radius 1 is 1.39 bits per heavy atom. The van der Waals surface area contributed by atoms with Crippen LogP contribution in [0, 0.1) is 0 Å². The third-order valence-electron chi connectivity index (χ3n) is 2.90. The maximum Gasteiger partial charge on any atom is 0.181 e. The van der Waals surface area contributed by atoms with Gasteiger partial charge in [-0.15, -0.1) is 0 Å². The minimum Gasteiger partial charge on any atom is -0.443 e. The van der Waals surface area contributed by atoms with Crippen molar-refractivity contribution in [3.8, 4) is 11.3 Å². The van der Waals surface area contributed by atoms with E-state index in [0.29, 0.717) is 11.1 Å². The van der Waals surface area contributed by atoms with E-state index in [4.69, 9.17) is 16.0 Å². The molecule has 1 aromatic heterocycles. The second kappa shape index (κ2) is 5.03. The van der Waals surface area contributed by atoms with E-state index in [1.165, 1.54) is 19.2 Å². The molecule has 0 radical (unpaired) electrons. The van der Waals surface area contributed by atoms with Gasteiger partial charge in [-0.1, -0.05) is 27.5 Å². The standard InChI is InChI=1S/C13H12BrClN2O/c14-9-3-8(4-10(15)5-9)13-12(17-7-18-13)6-16-11-1-2-11/h3-5,7,11,16H,1-2,6H2. The Morgan fingerprint density at radius 2 is 2.22 bits per heavy atom. The zero-order valence-electron chi connectivity index (χ0n) is 9.62. The molecule has 1 N–H and O–H groups in total. The van der Waals surface area contributed by atoms with Crippen molar-refractivity contribution in [3.05, 3.63) is 39.8 Å². The third-order valence-corrected chi connectivity index (χ3v) is 3.58. The SMILES string of the molecule is Clc1cc(Br)cc(-c2ocnc2CNC2CC2)c1. The molecule has 0 spiro atoms. The van der Waals surface area contributed by atoms with Gasteiger partial charge in [-0.3, -0.25) is 0 Å². The number of aromatic nitrogens is 1. The van der Waals surface area contributed by atoms with Crippen molar-refractivity contribution >= 4 is 27.5 Å². The van der Waals surface area contributed by atoms with Crippen LogP contribution in [0.15, 0.2) is 33.5 Å². The fraction of sp³-hybridized carbons (Fsp3) is 0.308. The van der Waals surface area contributed by atoms with Gasteiger partial charge in [0.15, 0.2) is 12.2 Å². The first-order chi connectivity index (χ1) is 8.72. The lowest BCUT2D eigenvalue weighted by molar-refractivity contribution is 0.569. The van der Waals surface area contributed by atoms with E-state index in [-0.39, 0.29) is 0 Å². The predicted molar refractivity (Wildman–Crippen MR) is 74.5 cm³/mol. The fourth-order valence-electron chi connectivity index (χ4n) is 1.84. The number of halogens is 2. The molecule has 1 fully saturated rings. The maximum atomic E-state index is 6.05. The van der Waals surface area contributed by atoms with Gasteiger partial charge in [-0.25, -0.2) is 4.98 Å². The van der Waals surface area contributed by atoms with Gasteiger partial charge in [0, 0.05) is 27.6 Å². The topological polar surface area (TPSA) is 38.1 Å². The molecule has 0 bridgehead atoms. The van der Waals surface area contributed by atoms with E-state index in [1.807, 2.05) is 18.2 Å². The molecular formula is C13H12BrClN2O. The Balaban J connectivity index is 1.87. The molecular weight excluding hydrogens is 316 g/mol. The number of hydrogen-bond acceptors (Lipinski definition) is 3. The number of rotatable bonds is 4. The summed E-state index contributed by atoms with van der Waals surface area (Å²) in [5.74, 6) is 0.784. The molecule has 1 aromatic carbocycles. The molecule has 3 nitrogen and oxygen atoms in total. The van der Waals surface area contributed by atoms with Crippen LogP contribution in [-0.4, -0.2) is 11.0 Å². The van der Waals surface area contributed by atoms with Gasteiger partial charge in [0.2, 0.25) is 0 Å². The van der Waals surface area contributed by atoms with Crippen LogP contribution in [0.1, 0.15) is 18.5 Å². The van der Waals surface area contributed by atoms with Gasteiger partial charge in [-0.05, 0) is 31.0 Å². The quantitative estimate of drug-likeness (QED) is 0.922. The molecule has 0 aliphatic heterocycles. The Labute approximate surface area is 119 Å². The van der Waals surface area contributed by atoms with Gasteiger partial charge in [0.05, 0.1) is 0 Å². The predicted octanol–water partition coefficient (Wildman–Crippen LogP) is 4.01. The van der Waals surface area contributed by atoms with E-state index in [0.717, 1.165) is 28.0 Å². The summed E-state index contributed by atoms with van der Waals surface area (Å²) >= 11 is 9.48. The van der Waals surface area contributed by atoms with Gasteiger partial charge in [0.25, 0.3) is 0 Å². The molecule has 3 rings (SSSR count). The van der Waals surface area contributed by atoms with Crippen LogP contribution in [0.25, 0.3) is 11.3 Å². The molecule has 1 aliphatic rings. The first-order valence-corrected chi connectivity index (χ1v) is 7.01. The van der Waals surface area contributed by atoms with E-state index >= 15 is 0 Å². The number of nitrogens with one attached hydrogen (secondary N) is 1. The van der Waals surface area contributed by atoms with Crippen LogP contribution in [0.5, 0.6) is 0 Å². The third kappa shape index (κ3) is 2.76. The summed E-state index contributed by atoms with van der Waals surface area (Å²) in [6.07, 6.45) is 4.00. The van der Waals surface area contributed by atoms with Crippen molar-refractivity contribution < 1.29 is 4.42 Å². The number of hydrogen-bond donors (Lipinski definition) is 1. The Kier molecular flexibility index (Phi) is 3.41. The second-order valence-electron chi connectivity index (χ2n) is 4.44. The largest absolute Gasteiger partial charge is 0.443 e. The number of nitrogens with zero attached hydrogens (tertiary/aromatic N) is 1. The summed E-state index contributed by atoms with van der Waals surface area (Å²) in [5.41, 5.74) is 1.87. The summed E-state index contributed by atoms with van der Waals surface area (Å²) in [5, 5.41) is 4.11. The van der Waals surface area contributed by atoms with Crippen LogP contribution < -0.4 is 5.32 Å². The monoisotopic (exact) mass is 326 g/mol. The van der Waals surface area contributed by atoms with Crippen LogP contribution in [0.3, 0.4) is 0 Å². The van der Waals surface area contributed by atoms with E-state index in [1.54, 1.807) is 0 Å². The average molecular weight is 328 g/mol. The molecule has 1 aliphatic carbocycles. The molecule has 1 saturated carbocycles. The van der Waals surface area contributed by atoms with E-state index in [2.05, 4.69) is 26.2 Å². The van der Waals surface area contributed by atoms with Crippen LogP contribution in [-0.2, 0) is 6.54 Å². The lowest BCUT2D eigenvalue weighted by Gasteiger charge is -2.04. The van der Waals surface area contributed by atoms with E-state index in [9.17, 15) is 0 Å². The molecule has 0 unspecified atom stereocenters. The van der Waals surface area contributed by atoms with Gasteiger partial charge < -0.3 is 9.73 Å². The summed E-state index contributed by atoms with van der Waals surface area (Å²) in [4.78, 5) is 4.26. The first-order valence-electron chi connectivity index (χ1n) is 5.84. The van der Waals surface area contributed by atoms with Gasteiger partial charge >= 0.3 is 0 Å². The summed E-state index contributed by atoms with van der Waals surface area (Å²) in [6.45, 7) is 0.737. The molecule has 0 atom stereocenters. The van der Waals surface area contributed by atoms with Gasteiger partial charge in [-0.2, -0.15) is 0 Å². The fourth-order valence-corrected chi connectivity index (χ4v) is 2.70. The van der Waals surface area contributed by atoms with E-state index < -0.39 is 0 Å². The second-order valence-corrected chi connectivity index (χ2v) is 5.79. The smallest absolute Gasteiger partial charge is 0.181 e. The zero-order chi connectivity index (χ0) is 12.5. The normalized spacial score (nSPS) is 15.0. The maximum absolute atomic E-state index is 6.05. The highest BCUT2D eigenvalue weighted by Crippen LogP contribution is 2.30.